The highest BCUT2D eigenvalue weighted by molar-refractivity contribution is 6.30. The zero-order valence-electron chi connectivity index (χ0n) is 16.0. The Morgan fingerprint density at radius 1 is 1.21 bits per heavy atom. The molecule has 0 unspecified atom stereocenters. The van der Waals surface area contributed by atoms with Crippen molar-refractivity contribution in [1.29, 1.82) is 0 Å². The van der Waals surface area contributed by atoms with Gasteiger partial charge in [0.15, 0.2) is 0 Å². The fourth-order valence-corrected chi connectivity index (χ4v) is 3.43. The van der Waals surface area contributed by atoms with Crippen molar-refractivity contribution >= 4 is 29.2 Å². The van der Waals surface area contributed by atoms with Crippen molar-refractivity contribution in [2.24, 2.45) is 0 Å². The number of carbonyl (C=O) groups excluding carboxylic acids is 2. The molecule has 7 heteroatoms. The fraction of sp³-hybridized carbons (Fsp3) is 0.238. The molecule has 2 aromatic rings. The van der Waals surface area contributed by atoms with Crippen LogP contribution in [0.3, 0.4) is 0 Å². The monoisotopic (exact) mass is 399 g/mol. The lowest BCUT2D eigenvalue weighted by Gasteiger charge is -2.35. The molecule has 1 heterocycles. The highest BCUT2D eigenvalue weighted by Gasteiger charge is 2.35. The minimum absolute atomic E-state index is 0.242. The molecule has 0 saturated heterocycles. The molecule has 1 atom stereocenters. The van der Waals surface area contributed by atoms with Gasteiger partial charge in [0.2, 0.25) is 0 Å². The van der Waals surface area contributed by atoms with Crippen molar-refractivity contribution in [1.82, 2.24) is 10.2 Å². The number of halogens is 1. The summed E-state index contributed by atoms with van der Waals surface area (Å²) < 4.78 is 5.32. The maximum atomic E-state index is 13.2. The van der Waals surface area contributed by atoms with Gasteiger partial charge in [-0.1, -0.05) is 35.9 Å². The third kappa shape index (κ3) is 3.82. The quantitative estimate of drug-likeness (QED) is 0.785. The first-order chi connectivity index (χ1) is 13.5. The van der Waals surface area contributed by atoms with E-state index in [9.17, 15) is 9.59 Å². The summed E-state index contributed by atoms with van der Waals surface area (Å²) in [6.45, 7) is 4.10. The van der Waals surface area contributed by atoms with Gasteiger partial charge >= 0.3 is 6.03 Å². The predicted octanol–water partition coefficient (Wildman–Crippen LogP) is 4.35. The van der Waals surface area contributed by atoms with E-state index in [1.807, 2.05) is 19.1 Å². The molecule has 1 aliphatic rings. The third-order valence-electron chi connectivity index (χ3n) is 4.72. The van der Waals surface area contributed by atoms with Crippen LogP contribution in [0.1, 0.15) is 25.5 Å². The summed E-state index contributed by atoms with van der Waals surface area (Å²) in [6.07, 6.45) is 0. The van der Waals surface area contributed by atoms with Gasteiger partial charge in [-0.25, -0.2) is 4.79 Å². The number of urea groups is 1. The summed E-state index contributed by atoms with van der Waals surface area (Å²) in [5.41, 5.74) is 2.41. The second kappa shape index (κ2) is 8.35. The highest BCUT2D eigenvalue weighted by atomic mass is 35.5. The van der Waals surface area contributed by atoms with E-state index in [-0.39, 0.29) is 11.9 Å². The molecule has 0 spiro atoms. The average molecular weight is 400 g/mol. The molecule has 0 bridgehead atoms. The molecule has 28 heavy (non-hydrogen) atoms. The maximum absolute atomic E-state index is 13.2. The van der Waals surface area contributed by atoms with E-state index >= 15 is 0 Å². The number of anilines is 1. The van der Waals surface area contributed by atoms with Gasteiger partial charge in [-0.15, -0.1) is 0 Å². The molecule has 0 radical (unpaired) electrons. The second-order valence-electron chi connectivity index (χ2n) is 6.33. The van der Waals surface area contributed by atoms with E-state index in [1.54, 1.807) is 55.3 Å². The van der Waals surface area contributed by atoms with E-state index in [2.05, 4.69) is 10.6 Å². The number of amides is 3. The summed E-state index contributed by atoms with van der Waals surface area (Å²) in [4.78, 5) is 27.3. The number of methoxy groups -OCH3 is 1. The van der Waals surface area contributed by atoms with Crippen molar-refractivity contribution < 1.29 is 14.3 Å². The average Bonchev–Trinajstić information content (AvgIpc) is 2.68. The molecule has 0 aromatic heterocycles. The second-order valence-corrected chi connectivity index (χ2v) is 6.77. The Balaban J connectivity index is 2.03. The summed E-state index contributed by atoms with van der Waals surface area (Å²) in [6, 6.07) is 13.4. The van der Waals surface area contributed by atoms with Gasteiger partial charge in [-0.05, 0) is 43.7 Å². The SMILES string of the molecule is CCN1C(=O)N[C@@H](c2ccc(Cl)cc2)C(C(=O)Nc2ccccc2OC)=C1C. The lowest BCUT2D eigenvalue weighted by atomic mass is 9.94. The molecule has 0 fully saturated rings. The Morgan fingerprint density at radius 3 is 2.54 bits per heavy atom. The Kier molecular flexibility index (Phi) is 5.90. The first-order valence-electron chi connectivity index (χ1n) is 8.94. The summed E-state index contributed by atoms with van der Waals surface area (Å²) in [7, 11) is 1.55. The van der Waals surface area contributed by atoms with Crippen LogP contribution in [-0.2, 0) is 4.79 Å². The minimum atomic E-state index is -0.581. The maximum Gasteiger partial charge on any atom is 0.322 e. The lowest BCUT2D eigenvalue weighted by Crippen LogP contribution is -2.48. The third-order valence-corrected chi connectivity index (χ3v) is 4.97. The zero-order valence-corrected chi connectivity index (χ0v) is 16.7. The number of carbonyl (C=O) groups is 2. The van der Waals surface area contributed by atoms with Crippen LogP contribution in [0, 0.1) is 0 Å². The molecule has 3 rings (SSSR count). The van der Waals surface area contributed by atoms with Crippen molar-refractivity contribution in [3.8, 4) is 5.75 Å². The van der Waals surface area contributed by atoms with Gasteiger partial charge in [0.1, 0.15) is 5.75 Å². The number of nitrogens with zero attached hydrogens (tertiary/aromatic N) is 1. The molecular formula is C21H22ClN3O3. The number of para-hydroxylation sites is 2. The highest BCUT2D eigenvalue weighted by Crippen LogP contribution is 2.33. The molecule has 0 aliphatic carbocycles. The van der Waals surface area contributed by atoms with Crippen molar-refractivity contribution in [2.45, 2.75) is 19.9 Å². The van der Waals surface area contributed by atoms with Crippen LogP contribution in [0.15, 0.2) is 59.8 Å². The van der Waals surface area contributed by atoms with Crippen LogP contribution in [-0.4, -0.2) is 30.5 Å². The number of ether oxygens (including phenoxy) is 1. The largest absolute Gasteiger partial charge is 0.495 e. The van der Waals surface area contributed by atoms with Crippen LogP contribution in [0.25, 0.3) is 0 Å². The summed E-state index contributed by atoms with van der Waals surface area (Å²) in [5.74, 6) is 0.254. The number of rotatable bonds is 5. The van der Waals surface area contributed by atoms with E-state index in [0.717, 1.165) is 5.56 Å². The van der Waals surface area contributed by atoms with Crippen LogP contribution in [0.4, 0.5) is 10.5 Å². The van der Waals surface area contributed by atoms with E-state index in [4.69, 9.17) is 16.3 Å². The topological polar surface area (TPSA) is 70.7 Å². The molecule has 1 aliphatic heterocycles. The molecule has 6 nitrogen and oxygen atoms in total. The molecule has 2 aromatic carbocycles. The van der Waals surface area contributed by atoms with Gasteiger partial charge in [-0.3, -0.25) is 9.69 Å². The smallest absolute Gasteiger partial charge is 0.322 e. The number of hydrogen-bond acceptors (Lipinski definition) is 3. The standard InChI is InChI=1S/C21H22ClN3O3/c1-4-25-13(2)18(20(26)23-16-7-5-6-8-17(16)28-3)19(24-21(25)27)14-9-11-15(22)12-10-14/h5-12,19H,4H2,1-3H3,(H,23,26)(H,24,27)/t19-/m0/s1. The van der Waals surface area contributed by atoms with Crippen molar-refractivity contribution in [3.63, 3.8) is 0 Å². The normalized spacial score (nSPS) is 16.6. The molecule has 3 amide bonds. The number of nitrogens with one attached hydrogen (secondary N) is 2. The fourth-order valence-electron chi connectivity index (χ4n) is 3.30. The minimum Gasteiger partial charge on any atom is -0.495 e. The molecule has 146 valence electrons. The number of hydrogen-bond donors (Lipinski definition) is 2. The van der Waals surface area contributed by atoms with Crippen molar-refractivity contribution in [3.05, 3.63) is 70.4 Å². The van der Waals surface area contributed by atoms with Gasteiger partial charge in [-0.2, -0.15) is 0 Å². The Labute approximate surface area is 169 Å². The zero-order chi connectivity index (χ0) is 20.3. The number of allylic oxidation sites excluding steroid dienone is 1. The van der Waals surface area contributed by atoms with E-state index in [0.29, 0.717) is 34.3 Å². The Bertz CT molecular complexity index is 925. The van der Waals surface area contributed by atoms with Gasteiger partial charge in [0.25, 0.3) is 5.91 Å². The van der Waals surface area contributed by atoms with Gasteiger partial charge in [0, 0.05) is 17.3 Å². The van der Waals surface area contributed by atoms with Gasteiger partial charge < -0.3 is 15.4 Å². The summed E-state index contributed by atoms with van der Waals surface area (Å²) in [5, 5.41) is 6.41. The van der Waals surface area contributed by atoms with Crippen molar-refractivity contribution in [2.75, 3.05) is 19.0 Å². The van der Waals surface area contributed by atoms with Crippen LogP contribution in [0.2, 0.25) is 5.02 Å². The predicted molar refractivity (Wildman–Crippen MR) is 109 cm³/mol. The Hall–Kier alpha value is -2.99. The van der Waals surface area contributed by atoms with E-state index < -0.39 is 6.04 Å². The lowest BCUT2D eigenvalue weighted by molar-refractivity contribution is -0.113. The van der Waals surface area contributed by atoms with Crippen LogP contribution in [0.5, 0.6) is 5.75 Å². The molecule has 2 N–H and O–H groups in total. The molecular weight excluding hydrogens is 378 g/mol. The van der Waals surface area contributed by atoms with E-state index in [1.165, 1.54) is 0 Å². The van der Waals surface area contributed by atoms with Crippen LogP contribution >= 0.6 is 11.6 Å². The number of benzene rings is 2. The van der Waals surface area contributed by atoms with Gasteiger partial charge in [0.05, 0.1) is 24.4 Å². The first-order valence-corrected chi connectivity index (χ1v) is 9.32. The summed E-state index contributed by atoms with van der Waals surface area (Å²) >= 11 is 5.99. The first kappa shape index (κ1) is 19.8. The van der Waals surface area contributed by atoms with Crippen LogP contribution < -0.4 is 15.4 Å². The Morgan fingerprint density at radius 2 is 1.89 bits per heavy atom. The molecule has 0 saturated carbocycles.